The lowest BCUT2D eigenvalue weighted by Crippen LogP contribution is -2.40. The van der Waals surface area contributed by atoms with Gasteiger partial charge in [0.2, 0.25) is 0 Å². The summed E-state index contributed by atoms with van der Waals surface area (Å²) in [7, 11) is 0. The van der Waals surface area contributed by atoms with E-state index in [1.54, 1.807) is 0 Å². The zero-order chi connectivity index (χ0) is 22.5. The highest BCUT2D eigenvalue weighted by atomic mass is 35.5. The third kappa shape index (κ3) is 4.04. The molecule has 0 saturated carbocycles. The second-order valence-corrected chi connectivity index (χ2v) is 6.00. The summed E-state index contributed by atoms with van der Waals surface area (Å²) in [5.41, 5.74) is 0.238. The number of halogens is 1. The predicted molar refractivity (Wildman–Crippen MR) is 91.1 cm³/mol. The molecule has 0 N–H and O–H groups in total. The molecule has 0 aromatic rings. The van der Waals surface area contributed by atoms with Crippen molar-refractivity contribution in [2.45, 2.75) is 45.2 Å². The molecule has 28 heavy (non-hydrogen) atoms. The molecule has 3 aliphatic heterocycles. The first kappa shape index (κ1) is 16.2. The van der Waals surface area contributed by atoms with Crippen LogP contribution in [0.5, 0.6) is 0 Å². The Kier molecular flexibility index (Phi) is 4.66. The number of carbonyl (C=O) groups excluding carboxylic acids is 3. The van der Waals surface area contributed by atoms with Crippen molar-refractivity contribution in [3.8, 4) is 11.5 Å². The second-order valence-electron chi connectivity index (χ2n) is 5.65. The lowest BCUT2D eigenvalue weighted by Gasteiger charge is -2.25. The number of hydrogen-bond acceptors (Lipinski definition) is 10. The molecule has 0 aromatic heterocycles. The molecule has 11 nitrogen and oxygen atoms in total. The number of hydrogen-bond donors (Lipinski definition) is 0. The van der Waals surface area contributed by atoms with Crippen LogP contribution < -0.4 is 0 Å². The van der Waals surface area contributed by atoms with Gasteiger partial charge in [-0.2, -0.15) is 0 Å². The molecule has 1 saturated heterocycles. The average molecular weight is 416 g/mol. The zero-order valence-corrected chi connectivity index (χ0v) is 15.1. The van der Waals surface area contributed by atoms with Crippen LogP contribution in [-0.2, 0) is 33.3 Å². The third-order valence-corrected chi connectivity index (χ3v) is 4.18. The Bertz CT molecular complexity index is 933. The van der Waals surface area contributed by atoms with Gasteiger partial charge >= 0.3 is 17.9 Å². The van der Waals surface area contributed by atoms with E-state index in [9.17, 15) is 14.4 Å². The Balaban J connectivity index is 1.99. The summed E-state index contributed by atoms with van der Waals surface area (Å²) >= 11 is 6.39. The van der Waals surface area contributed by atoms with Gasteiger partial charge in [-0.15, -0.1) is 0 Å². The largest absolute Gasteiger partial charge is 0.463 e. The van der Waals surface area contributed by atoms with E-state index < -0.39 is 69.8 Å². The molecule has 1 fully saturated rings. The molecule has 1 unspecified atom stereocenters. The number of fused-ring (bicyclic) bond motifs is 1. The van der Waals surface area contributed by atoms with E-state index >= 15 is 0 Å². The molecule has 3 aliphatic rings. The van der Waals surface area contributed by atoms with E-state index in [2.05, 4.69) is 15.0 Å². The average Bonchev–Trinajstić information content (AvgIpc) is 3.38. The molecular formula is C16H17ClN4O7. The van der Waals surface area contributed by atoms with Gasteiger partial charge in [-0.25, -0.2) is 15.0 Å². The Morgan fingerprint density at radius 3 is 2.57 bits per heavy atom. The maximum absolute atomic E-state index is 11.9. The molecule has 0 amide bonds. The first-order chi connectivity index (χ1) is 14.9. The Morgan fingerprint density at radius 2 is 1.86 bits per heavy atom. The number of esters is 3. The Morgan fingerprint density at radius 1 is 1.14 bits per heavy atom. The summed E-state index contributed by atoms with van der Waals surface area (Å²) in [6.45, 7) is -2.50. The van der Waals surface area contributed by atoms with Gasteiger partial charge in [0.05, 0.1) is 0 Å². The van der Waals surface area contributed by atoms with Crippen molar-refractivity contribution >= 4 is 29.5 Å². The standard InChI is InChI=1S/C16H17ClN4O7/c1-7(22)25-4-10-12(26-8(2)23)13(27-9(3)24)16(28-10)21-6-20-15-11(14(21)17)18-5-19-15/h5-6,10,12-13,16H,4H2,1-3H3/t10-,12+,13-,16?/m1/s1/i1D,2D,3D. The normalized spacial score (nSPS) is 25.5. The highest BCUT2D eigenvalue weighted by Gasteiger charge is 2.51. The van der Waals surface area contributed by atoms with Gasteiger partial charge in [0, 0.05) is 24.8 Å². The van der Waals surface area contributed by atoms with Crippen LogP contribution in [-0.4, -0.2) is 62.3 Å². The van der Waals surface area contributed by atoms with Crippen molar-refractivity contribution in [3.05, 3.63) is 17.8 Å². The topological polar surface area (TPSA) is 132 Å². The molecule has 3 rings (SSSR count). The molecule has 3 heterocycles. The van der Waals surface area contributed by atoms with Crippen molar-refractivity contribution in [3.63, 3.8) is 0 Å². The van der Waals surface area contributed by atoms with Crippen molar-refractivity contribution in [2.75, 3.05) is 6.61 Å². The Labute approximate surface area is 168 Å². The summed E-state index contributed by atoms with van der Waals surface area (Å²) < 4.78 is 44.0. The van der Waals surface area contributed by atoms with E-state index in [-0.39, 0.29) is 16.7 Å². The SMILES string of the molecule is [2H]CC(=O)OC[C@H]1OC(n2cnc3ncnc-3c2Cl)[C@H](OC(=O)C[2H])[C@H]1OC(=O)C[2H]. The number of rotatable bonds is 5. The second kappa shape index (κ2) is 8.07. The summed E-state index contributed by atoms with van der Waals surface area (Å²) in [5.74, 6) is -2.46. The molecule has 12 heteroatoms. The summed E-state index contributed by atoms with van der Waals surface area (Å²) in [6, 6.07) is 0. The maximum atomic E-state index is 11.9. The van der Waals surface area contributed by atoms with E-state index in [0.29, 0.717) is 0 Å². The van der Waals surface area contributed by atoms with E-state index in [1.165, 1.54) is 17.2 Å². The predicted octanol–water partition coefficient (Wildman–Crippen LogP) is 0.755. The fraction of sp³-hybridized carbons (Fsp3) is 0.500. The van der Waals surface area contributed by atoms with E-state index in [0.717, 1.165) is 0 Å². The number of imidazole rings is 1. The first-order valence-corrected chi connectivity index (χ1v) is 8.18. The minimum atomic E-state index is -1.31. The summed E-state index contributed by atoms with van der Waals surface area (Å²) in [6.07, 6.45) is -2.40. The molecule has 4 atom stereocenters. The van der Waals surface area contributed by atoms with Gasteiger partial charge in [0.1, 0.15) is 36.2 Å². The van der Waals surface area contributed by atoms with Crippen LogP contribution in [0.2, 0.25) is 5.15 Å². The maximum Gasteiger partial charge on any atom is 0.303 e. The van der Waals surface area contributed by atoms with Crippen LogP contribution in [0.25, 0.3) is 11.5 Å². The van der Waals surface area contributed by atoms with Crippen molar-refractivity contribution in [2.24, 2.45) is 0 Å². The van der Waals surface area contributed by atoms with Gasteiger partial charge in [0.25, 0.3) is 0 Å². The van der Waals surface area contributed by atoms with Crippen molar-refractivity contribution in [1.29, 1.82) is 0 Å². The molecule has 0 radical (unpaired) electrons. The number of carbonyl (C=O) groups is 3. The summed E-state index contributed by atoms with van der Waals surface area (Å²) in [5, 5.41) is 0.0359. The van der Waals surface area contributed by atoms with Crippen LogP contribution in [0.3, 0.4) is 0 Å². The summed E-state index contributed by atoms with van der Waals surface area (Å²) in [4.78, 5) is 47.1. The zero-order valence-electron chi connectivity index (χ0n) is 17.3. The fourth-order valence-electron chi connectivity index (χ4n) is 2.78. The lowest BCUT2D eigenvalue weighted by molar-refractivity contribution is -0.166. The van der Waals surface area contributed by atoms with Gasteiger partial charge in [0.15, 0.2) is 24.3 Å². The van der Waals surface area contributed by atoms with E-state index in [1.807, 2.05) is 0 Å². The molecule has 0 aliphatic carbocycles. The van der Waals surface area contributed by atoms with Crippen LogP contribution >= 0.6 is 11.6 Å². The molecular weight excluding hydrogens is 396 g/mol. The lowest BCUT2D eigenvalue weighted by atomic mass is 10.1. The van der Waals surface area contributed by atoms with Crippen LogP contribution in [0.15, 0.2) is 12.7 Å². The number of nitrogens with zero attached hydrogens (tertiary/aromatic N) is 4. The van der Waals surface area contributed by atoms with Gasteiger partial charge < -0.3 is 18.9 Å². The molecule has 0 aromatic carbocycles. The van der Waals surface area contributed by atoms with Crippen LogP contribution in [0.1, 0.15) is 31.0 Å². The van der Waals surface area contributed by atoms with Gasteiger partial charge in [-0.1, -0.05) is 11.6 Å². The molecule has 150 valence electrons. The van der Waals surface area contributed by atoms with Gasteiger partial charge in [-0.05, 0) is 0 Å². The van der Waals surface area contributed by atoms with E-state index in [4.69, 9.17) is 34.7 Å². The monoisotopic (exact) mass is 415 g/mol. The Hall–Kier alpha value is -2.79. The smallest absolute Gasteiger partial charge is 0.303 e. The van der Waals surface area contributed by atoms with Gasteiger partial charge in [-0.3, -0.25) is 19.0 Å². The molecule has 0 bridgehead atoms. The van der Waals surface area contributed by atoms with Crippen molar-refractivity contribution in [1.82, 2.24) is 19.5 Å². The first-order valence-electron chi connectivity index (χ1n) is 9.92. The third-order valence-electron chi connectivity index (χ3n) is 3.81. The quantitative estimate of drug-likeness (QED) is 0.391. The number of aromatic nitrogens is 4. The number of ether oxygens (including phenoxy) is 4. The van der Waals surface area contributed by atoms with Crippen LogP contribution in [0, 0.1) is 0 Å². The minimum Gasteiger partial charge on any atom is -0.463 e. The van der Waals surface area contributed by atoms with Crippen LogP contribution in [0.4, 0.5) is 0 Å². The molecule has 0 spiro atoms. The van der Waals surface area contributed by atoms with Crippen molar-refractivity contribution < 1.29 is 37.4 Å². The minimum absolute atomic E-state index is 0.0359. The highest BCUT2D eigenvalue weighted by Crippen LogP contribution is 2.37. The fourth-order valence-corrected chi connectivity index (χ4v) is 3.05. The highest BCUT2D eigenvalue weighted by molar-refractivity contribution is 6.31.